The van der Waals surface area contributed by atoms with Crippen molar-refractivity contribution in [1.82, 2.24) is 10.3 Å². The highest BCUT2D eigenvalue weighted by Crippen LogP contribution is 2.19. The average molecular weight is 346 g/mol. The molecule has 0 aliphatic heterocycles. The van der Waals surface area contributed by atoms with Crippen molar-refractivity contribution in [3.63, 3.8) is 0 Å². The first kappa shape index (κ1) is 18.5. The van der Waals surface area contributed by atoms with Crippen molar-refractivity contribution in [2.24, 2.45) is 5.92 Å². The second-order valence-corrected chi connectivity index (χ2v) is 7.53. The van der Waals surface area contributed by atoms with E-state index in [1.54, 1.807) is 11.3 Å². The maximum Gasteiger partial charge on any atom is 0.226 e. The van der Waals surface area contributed by atoms with Crippen LogP contribution in [0.5, 0.6) is 5.75 Å². The summed E-state index contributed by atoms with van der Waals surface area (Å²) in [7, 11) is 0. The quantitative estimate of drug-likeness (QED) is 0.781. The predicted molar refractivity (Wildman–Crippen MR) is 98.5 cm³/mol. The summed E-state index contributed by atoms with van der Waals surface area (Å²) >= 11 is 1.62. The first-order valence-corrected chi connectivity index (χ1v) is 9.24. The lowest BCUT2D eigenvalue weighted by atomic mass is 10.2. The number of nitrogens with zero attached hydrogens (tertiary/aromatic N) is 1. The van der Waals surface area contributed by atoms with Crippen LogP contribution in [0.4, 0.5) is 0 Å². The van der Waals surface area contributed by atoms with Crippen LogP contribution in [0.1, 0.15) is 49.9 Å². The van der Waals surface area contributed by atoms with Gasteiger partial charge in [-0.1, -0.05) is 39.8 Å². The minimum atomic E-state index is -0.0101. The van der Waals surface area contributed by atoms with Crippen LogP contribution in [0.3, 0.4) is 0 Å². The molecule has 0 aliphatic rings. The zero-order valence-corrected chi connectivity index (χ0v) is 15.7. The number of amides is 1. The molecule has 0 aliphatic carbocycles. The van der Waals surface area contributed by atoms with Crippen LogP contribution in [-0.2, 0) is 17.8 Å². The molecule has 0 saturated heterocycles. The van der Waals surface area contributed by atoms with Crippen LogP contribution in [0, 0.1) is 5.92 Å². The van der Waals surface area contributed by atoms with E-state index in [1.807, 2.05) is 29.6 Å². The van der Waals surface area contributed by atoms with Gasteiger partial charge in [-0.3, -0.25) is 4.79 Å². The normalized spacial score (nSPS) is 11.1. The molecule has 1 amide bonds. The van der Waals surface area contributed by atoms with E-state index in [-0.39, 0.29) is 5.91 Å². The maximum atomic E-state index is 12.1. The van der Waals surface area contributed by atoms with E-state index < -0.39 is 0 Å². The number of hydrogen-bond acceptors (Lipinski definition) is 4. The molecule has 0 atom stereocenters. The predicted octanol–water partition coefficient (Wildman–Crippen LogP) is 4.16. The highest BCUT2D eigenvalue weighted by Gasteiger charge is 2.10. The molecule has 24 heavy (non-hydrogen) atoms. The van der Waals surface area contributed by atoms with E-state index in [0.29, 0.717) is 31.4 Å². The molecule has 1 aromatic carbocycles. The van der Waals surface area contributed by atoms with E-state index in [0.717, 1.165) is 22.0 Å². The summed E-state index contributed by atoms with van der Waals surface area (Å²) in [6.45, 7) is 9.64. The molecule has 0 spiro atoms. The van der Waals surface area contributed by atoms with Gasteiger partial charge < -0.3 is 10.1 Å². The first-order valence-electron chi connectivity index (χ1n) is 8.36. The average Bonchev–Trinajstić information content (AvgIpc) is 3.00. The van der Waals surface area contributed by atoms with Gasteiger partial charge in [0.2, 0.25) is 5.91 Å². The lowest BCUT2D eigenvalue weighted by Crippen LogP contribution is -2.24. The zero-order chi connectivity index (χ0) is 17.5. The summed E-state index contributed by atoms with van der Waals surface area (Å²) in [5, 5.41) is 5.99. The van der Waals surface area contributed by atoms with Crippen molar-refractivity contribution < 1.29 is 9.53 Å². The first-order chi connectivity index (χ1) is 11.4. The second-order valence-electron chi connectivity index (χ2n) is 6.64. The molecule has 0 unspecified atom stereocenters. The molecular weight excluding hydrogens is 320 g/mol. The highest BCUT2D eigenvalue weighted by atomic mass is 32.1. The van der Waals surface area contributed by atoms with Gasteiger partial charge in [-0.2, -0.15) is 0 Å². The molecular formula is C19H26N2O2S. The summed E-state index contributed by atoms with van der Waals surface area (Å²) in [6, 6.07) is 7.85. The number of hydrogen-bond donors (Lipinski definition) is 1. The molecule has 5 heteroatoms. The van der Waals surface area contributed by atoms with Crippen LogP contribution in [0.15, 0.2) is 29.6 Å². The molecule has 1 N–H and O–H groups in total. The fourth-order valence-electron chi connectivity index (χ4n) is 2.10. The molecule has 0 saturated carbocycles. The van der Waals surface area contributed by atoms with Crippen LogP contribution < -0.4 is 10.1 Å². The van der Waals surface area contributed by atoms with Crippen LogP contribution in [-0.4, -0.2) is 17.5 Å². The largest absolute Gasteiger partial charge is 0.493 e. The summed E-state index contributed by atoms with van der Waals surface area (Å²) in [5.41, 5.74) is 1.88. The van der Waals surface area contributed by atoms with Crippen LogP contribution in [0.25, 0.3) is 0 Å². The van der Waals surface area contributed by atoms with Crippen molar-refractivity contribution in [3.05, 3.63) is 45.9 Å². The smallest absolute Gasteiger partial charge is 0.226 e. The summed E-state index contributed by atoms with van der Waals surface area (Å²) in [6.07, 6.45) is 0.326. The number of benzene rings is 1. The van der Waals surface area contributed by atoms with Crippen molar-refractivity contribution in [3.8, 4) is 5.75 Å². The van der Waals surface area contributed by atoms with Gasteiger partial charge in [-0.25, -0.2) is 4.98 Å². The van der Waals surface area contributed by atoms with Gasteiger partial charge in [0, 0.05) is 17.8 Å². The SMILES string of the molecule is CC(C)COc1cccc(CNC(=O)Cc2csc(C(C)C)n2)c1. The number of rotatable bonds is 8. The van der Waals surface area contributed by atoms with Gasteiger partial charge in [0.05, 0.1) is 23.7 Å². The Balaban J connectivity index is 1.83. The van der Waals surface area contributed by atoms with E-state index in [2.05, 4.69) is 38.0 Å². The van der Waals surface area contributed by atoms with Gasteiger partial charge in [0.25, 0.3) is 0 Å². The standard InChI is InChI=1S/C19H26N2O2S/c1-13(2)11-23-17-7-5-6-15(8-17)10-20-18(22)9-16-12-24-19(21-16)14(3)4/h5-8,12-14H,9-11H2,1-4H3,(H,20,22). The molecule has 0 bridgehead atoms. The van der Waals surface area contributed by atoms with Gasteiger partial charge in [-0.05, 0) is 23.6 Å². The van der Waals surface area contributed by atoms with Crippen LogP contribution in [0.2, 0.25) is 0 Å². The molecule has 130 valence electrons. The van der Waals surface area contributed by atoms with Crippen molar-refractivity contribution in [2.75, 3.05) is 6.61 Å². The highest BCUT2D eigenvalue weighted by molar-refractivity contribution is 7.09. The van der Waals surface area contributed by atoms with E-state index in [4.69, 9.17) is 4.74 Å². The van der Waals surface area contributed by atoms with Gasteiger partial charge in [0.1, 0.15) is 5.75 Å². The number of carbonyl (C=O) groups is 1. The Morgan fingerprint density at radius 2 is 2.08 bits per heavy atom. The molecule has 1 heterocycles. The van der Waals surface area contributed by atoms with Crippen molar-refractivity contribution >= 4 is 17.2 Å². The fraction of sp³-hybridized carbons (Fsp3) is 0.474. The summed E-state index contributed by atoms with van der Waals surface area (Å²) in [4.78, 5) is 16.6. The fourth-order valence-corrected chi connectivity index (χ4v) is 2.94. The Labute approximate surface area is 148 Å². The number of ether oxygens (including phenoxy) is 1. The monoisotopic (exact) mass is 346 g/mol. The molecule has 2 aromatic rings. The third-order valence-electron chi connectivity index (χ3n) is 3.38. The number of aromatic nitrogens is 1. The molecule has 1 aromatic heterocycles. The lowest BCUT2D eigenvalue weighted by molar-refractivity contribution is -0.120. The van der Waals surface area contributed by atoms with Gasteiger partial charge >= 0.3 is 0 Å². The number of carbonyl (C=O) groups excluding carboxylic acids is 1. The molecule has 0 radical (unpaired) electrons. The third-order valence-corrected chi connectivity index (χ3v) is 4.57. The lowest BCUT2D eigenvalue weighted by Gasteiger charge is -2.10. The van der Waals surface area contributed by atoms with Crippen molar-refractivity contribution in [2.45, 2.75) is 46.6 Å². The Kier molecular flexibility index (Phi) is 6.79. The molecule has 4 nitrogen and oxygen atoms in total. The molecule has 0 fully saturated rings. The Hall–Kier alpha value is -1.88. The van der Waals surface area contributed by atoms with Crippen LogP contribution >= 0.6 is 11.3 Å². The second kappa shape index (κ2) is 8.83. The van der Waals surface area contributed by atoms with Gasteiger partial charge in [-0.15, -0.1) is 11.3 Å². The molecule has 2 rings (SSSR count). The number of thiazole rings is 1. The Morgan fingerprint density at radius 1 is 1.29 bits per heavy atom. The Morgan fingerprint density at radius 3 is 2.75 bits per heavy atom. The van der Waals surface area contributed by atoms with Gasteiger partial charge in [0.15, 0.2) is 0 Å². The summed E-state index contributed by atoms with van der Waals surface area (Å²) < 4.78 is 5.71. The van der Waals surface area contributed by atoms with Crippen molar-refractivity contribution in [1.29, 1.82) is 0 Å². The Bertz CT molecular complexity index is 665. The third kappa shape index (κ3) is 5.96. The van der Waals surface area contributed by atoms with E-state index >= 15 is 0 Å². The maximum absolute atomic E-state index is 12.1. The summed E-state index contributed by atoms with van der Waals surface area (Å²) in [5.74, 6) is 1.73. The topological polar surface area (TPSA) is 51.2 Å². The number of nitrogens with one attached hydrogen (secondary N) is 1. The minimum Gasteiger partial charge on any atom is -0.493 e. The zero-order valence-electron chi connectivity index (χ0n) is 14.8. The minimum absolute atomic E-state index is 0.0101. The van der Waals surface area contributed by atoms with E-state index in [1.165, 1.54) is 0 Å². The van der Waals surface area contributed by atoms with E-state index in [9.17, 15) is 4.79 Å².